The van der Waals surface area contributed by atoms with Crippen LogP contribution in [0.3, 0.4) is 0 Å². The third-order valence-corrected chi connectivity index (χ3v) is 5.91. The van der Waals surface area contributed by atoms with Gasteiger partial charge in [-0.1, -0.05) is 19.3 Å². The third kappa shape index (κ3) is 4.64. The summed E-state index contributed by atoms with van der Waals surface area (Å²) in [6.45, 7) is 0.620. The van der Waals surface area contributed by atoms with Gasteiger partial charge < -0.3 is 24.3 Å². The van der Waals surface area contributed by atoms with Crippen LogP contribution in [0.2, 0.25) is 0 Å². The molecule has 2 heterocycles. The molecule has 29 heavy (non-hydrogen) atoms. The van der Waals surface area contributed by atoms with Gasteiger partial charge in [0.1, 0.15) is 18.0 Å². The number of fused-ring (bicyclic) bond motifs is 1. The van der Waals surface area contributed by atoms with Gasteiger partial charge in [-0.2, -0.15) is 0 Å². The molecule has 3 aliphatic rings. The molecule has 8 heteroatoms. The highest BCUT2D eigenvalue weighted by atomic mass is 16.6. The molecule has 4 rings (SSSR count). The highest BCUT2D eigenvalue weighted by Gasteiger charge is 2.50. The van der Waals surface area contributed by atoms with Crippen molar-refractivity contribution in [3.63, 3.8) is 0 Å². The molecule has 2 aliphatic heterocycles. The van der Waals surface area contributed by atoms with Crippen molar-refractivity contribution in [2.24, 2.45) is 5.92 Å². The lowest BCUT2D eigenvalue weighted by Crippen LogP contribution is -2.46. The van der Waals surface area contributed by atoms with Gasteiger partial charge in [0.05, 0.1) is 26.4 Å². The van der Waals surface area contributed by atoms with E-state index in [1.807, 2.05) is 0 Å². The van der Waals surface area contributed by atoms with E-state index in [9.17, 15) is 9.59 Å². The fourth-order valence-electron chi connectivity index (χ4n) is 4.31. The van der Waals surface area contributed by atoms with Crippen molar-refractivity contribution in [3.05, 3.63) is 24.3 Å². The molecule has 2 saturated heterocycles. The molecule has 158 valence electrons. The van der Waals surface area contributed by atoms with Crippen LogP contribution in [0.15, 0.2) is 24.3 Å². The minimum absolute atomic E-state index is 0.0872. The van der Waals surface area contributed by atoms with Gasteiger partial charge in [-0.25, -0.2) is 4.79 Å². The molecule has 0 radical (unpaired) electrons. The number of carbonyl (C=O) groups excluding carboxylic acids is 2. The smallest absolute Gasteiger partial charge is 0.412 e. The van der Waals surface area contributed by atoms with Gasteiger partial charge in [-0.05, 0) is 37.1 Å². The molecule has 8 nitrogen and oxygen atoms in total. The second-order valence-electron chi connectivity index (χ2n) is 7.84. The Balaban J connectivity index is 1.27. The number of hydrogen-bond donors (Lipinski definition) is 2. The van der Waals surface area contributed by atoms with E-state index in [4.69, 9.17) is 18.9 Å². The SMILES string of the molecule is COc1ccc(NC(=O)O[C@@H]2CO[C@H]3[C@@H]2OC[C@@H]3NC(=O)C2CCCCC2)cc1. The van der Waals surface area contributed by atoms with Crippen molar-refractivity contribution in [3.8, 4) is 5.75 Å². The Morgan fingerprint density at radius 3 is 2.45 bits per heavy atom. The maximum Gasteiger partial charge on any atom is 0.412 e. The van der Waals surface area contributed by atoms with Crippen molar-refractivity contribution in [2.45, 2.75) is 56.5 Å². The van der Waals surface area contributed by atoms with E-state index in [-0.39, 0.29) is 36.7 Å². The zero-order chi connectivity index (χ0) is 20.2. The molecule has 1 aromatic rings. The highest BCUT2D eigenvalue weighted by molar-refractivity contribution is 5.84. The van der Waals surface area contributed by atoms with Crippen LogP contribution >= 0.6 is 0 Å². The van der Waals surface area contributed by atoms with E-state index in [1.54, 1.807) is 31.4 Å². The molecule has 1 aliphatic carbocycles. The van der Waals surface area contributed by atoms with Crippen molar-refractivity contribution in [1.29, 1.82) is 0 Å². The Labute approximate surface area is 170 Å². The quantitative estimate of drug-likeness (QED) is 0.783. The predicted octanol–water partition coefficient (Wildman–Crippen LogP) is 2.47. The average Bonchev–Trinajstić information content (AvgIpc) is 3.32. The van der Waals surface area contributed by atoms with Crippen LogP contribution < -0.4 is 15.4 Å². The summed E-state index contributed by atoms with van der Waals surface area (Å²) in [5, 5.41) is 5.78. The van der Waals surface area contributed by atoms with Gasteiger partial charge in [0.2, 0.25) is 5.91 Å². The van der Waals surface area contributed by atoms with Crippen LogP contribution in [0.25, 0.3) is 0 Å². The largest absolute Gasteiger partial charge is 0.497 e. The van der Waals surface area contributed by atoms with E-state index < -0.39 is 12.2 Å². The summed E-state index contributed by atoms with van der Waals surface area (Å²) in [7, 11) is 1.58. The second-order valence-corrected chi connectivity index (χ2v) is 7.84. The van der Waals surface area contributed by atoms with Crippen molar-refractivity contribution in [2.75, 3.05) is 25.6 Å². The predicted molar refractivity (Wildman–Crippen MR) is 105 cm³/mol. The number of nitrogens with one attached hydrogen (secondary N) is 2. The van der Waals surface area contributed by atoms with Gasteiger partial charge in [-0.15, -0.1) is 0 Å². The zero-order valence-corrected chi connectivity index (χ0v) is 16.6. The molecule has 1 aromatic carbocycles. The zero-order valence-electron chi connectivity index (χ0n) is 16.6. The molecule has 0 unspecified atom stereocenters. The summed E-state index contributed by atoms with van der Waals surface area (Å²) in [5.74, 6) is 0.882. The number of methoxy groups -OCH3 is 1. The fourth-order valence-corrected chi connectivity index (χ4v) is 4.31. The van der Waals surface area contributed by atoms with E-state index in [2.05, 4.69) is 10.6 Å². The van der Waals surface area contributed by atoms with Crippen molar-refractivity contribution in [1.82, 2.24) is 5.32 Å². The molecule has 2 amide bonds. The molecule has 1 saturated carbocycles. The van der Waals surface area contributed by atoms with E-state index in [1.165, 1.54) is 6.42 Å². The standard InChI is InChI=1S/C21H28N2O6/c1-26-15-9-7-14(8-10-15)22-21(25)29-17-12-28-18-16(11-27-19(17)18)23-20(24)13-5-3-2-4-6-13/h7-10,13,16-19H,2-6,11-12H2,1H3,(H,22,25)(H,23,24)/t16-,17+,18+,19+/m0/s1. The lowest BCUT2D eigenvalue weighted by molar-refractivity contribution is -0.127. The lowest BCUT2D eigenvalue weighted by atomic mass is 9.88. The minimum atomic E-state index is -0.567. The van der Waals surface area contributed by atoms with Gasteiger partial charge in [0, 0.05) is 11.6 Å². The van der Waals surface area contributed by atoms with Crippen molar-refractivity contribution < 1.29 is 28.5 Å². The number of benzene rings is 1. The van der Waals surface area contributed by atoms with Crippen LogP contribution in [-0.4, -0.2) is 56.7 Å². The summed E-state index contributed by atoms with van der Waals surface area (Å²) in [6, 6.07) is 6.77. The van der Waals surface area contributed by atoms with Crippen molar-refractivity contribution >= 4 is 17.7 Å². The van der Waals surface area contributed by atoms with E-state index in [0.717, 1.165) is 25.7 Å². The van der Waals surface area contributed by atoms with Gasteiger partial charge in [0.25, 0.3) is 0 Å². The first-order valence-corrected chi connectivity index (χ1v) is 10.3. The molecule has 0 aromatic heterocycles. The number of amides is 2. The van der Waals surface area contributed by atoms with Crippen LogP contribution in [0, 0.1) is 5.92 Å². The van der Waals surface area contributed by atoms with Gasteiger partial charge in [0.15, 0.2) is 6.10 Å². The molecule has 3 fully saturated rings. The maximum absolute atomic E-state index is 12.5. The first-order valence-electron chi connectivity index (χ1n) is 10.3. The monoisotopic (exact) mass is 404 g/mol. The van der Waals surface area contributed by atoms with Crippen LogP contribution in [-0.2, 0) is 19.0 Å². The summed E-state index contributed by atoms with van der Waals surface area (Å²) >= 11 is 0. The van der Waals surface area contributed by atoms with Gasteiger partial charge in [-0.3, -0.25) is 10.1 Å². The van der Waals surface area contributed by atoms with Crippen LogP contribution in [0.1, 0.15) is 32.1 Å². The molecular weight excluding hydrogens is 376 g/mol. The van der Waals surface area contributed by atoms with E-state index in [0.29, 0.717) is 18.0 Å². The summed E-state index contributed by atoms with van der Waals surface area (Å²) in [5.41, 5.74) is 0.608. The average molecular weight is 404 g/mol. The topological polar surface area (TPSA) is 95.1 Å². The summed E-state index contributed by atoms with van der Waals surface area (Å²) < 4.78 is 22.2. The Morgan fingerprint density at radius 2 is 1.72 bits per heavy atom. The Hall–Kier alpha value is -2.32. The van der Waals surface area contributed by atoms with Crippen LogP contribution in [0.4, 0.5) is 10.5 Å². The van der Waals surface area contributed by atoms with E-state index >= 15 is 0 Å². The molecule has 4 atom stereocenters. The maximum atomic E-state index is 12.5. The lowest BCUT2D eigenvalue weighted by Gasteiger charge is -2.24. The molecular formula is C21H28N2O6. The molecule has 0 bridgehead atoms. The first kappa shape index (κ1) is 20.0. The minimum Gasteiger partial charge on any atom is -0.497 e. The third-order valence-electron chi connectivity index (χ3n) is 5.91. The van der Waals surface area contributed by atoms with Gasteiger partial charge >= 0.3 is 6.09 Å². The molecule has 0 spiro atoms. The number of rotatable bonds is 5. The van der Waals surface area contributed by atoms with Crippen LogP contribution in [0.5, 0.6) is 5.75 Å². The summed E-state index contributed by atoms with van der Waals surface area (Å²) in [6.07, 6.45) is 3.60. The second kappa shape index (κ2) is 9.00. The number of carbonyl (C=O) groups is 2. The first-order chi connectivity index (χ1) is 14.1. The number of anilines is 1. The highest BCUT2D eigenvalue weighted by Crippen LogP contribution is 2.30. The molecule has 2 N–H and O–H groups in total. The Bertz CT molecular complexity index is 718. The summed E-state index contributed by atoms with van der Waals surface area (Å²) in [4.78, 5) is 24.8. The number of ether oxygens (including phenoxy) is 4. The number of hydrogen-bond acceptors (Lipinski definition) is 6. The Morgan fingerprint density at radius 1 is 1.00 bits per heavy atom. The normalized spacial score (nSPS) is 29.1. The Kier molecular flexibility index (Phi) is 6.20. The fraction of sp³-hybridized carbons (Fsp3) is 0.619.